The first-order chi connectivity index (χ1) is 14.3. The fourth-order valence-electron chi connectivity index (χ4n) is 3.64. The van der Waals surface area contributed by atoms with Gasteiger partial charge in [0.2, 0.25) is 0 Å². The maximum Gasteiger partial charge on any atom is 0.147 e. The first kappa shape index (κ1) is 19.2. The Morgan fingerprint density at radius 1 is 0.655 bits per heavy atom. The van der Waals surface area contributed by atoms with Crippen LogP contribution in [0, 0.1) is 5.82 Å². The third-order valence-electron chi connectivity index (χ3n) is 5.14. The SMILES string of the molecule is Fc1ccccc1-n1cccc1CN(CCc1ccccc1)Cc1ccccc1. The number of hydrogen-bond donors (Lipinski definition) is 0. The molecule has 0 saturated heterocycles. The quantitative estimate of drug-likeness (QED) is 0.369. The molecule has 3 aromatic carbocycles. The topological polar surface area (TPSA) is 8.17 Å². The van der Waals surface area contributed by atoms with Crippen molar-refractivity contribution in [2.24, 2.45) is 0 Å². The van der Waals surface area contributed by atoms with Crippen molar-refractivity contribution >= 4 is 0 Å². The van der Waals surface area contributed by atoms with Gasteiger partial charge in [0, 0.05) is 31.5 Å². The average Bonchev–Trinajstić information content (AvgIpc) is 3.22. The Kier molecular flexibility index (Phi) is 6.18. The van der Waals surface area contributed by atoms with Gasteiger partial charge in [-0.25, -0.2) is 4.39 Å². The van der Waals surface area contributed by atoms with E-state index in [4.69, 9.17) is 0 Å². The lowest BCUT2D eigenvalue weighted by Gasteiger charge is -2.24. The van der Waals surface area contributed by atoms with Gasteiger partial charge in [0.1, 0.15) is 5.82 Å². The summed E-state index contributed by atoms with van der Waals surface area (Å²) in [5.74, 6) is -0.205. The molecule has 0 unspecified atom stereocenters. The third-order valence-corrected chi connectivity index (χ3v) is 5.14. The van der Waals surface area contributed by atoms with Gasteiger partial charge < -0.3 is 4.57 Å². The molecule has 0 N–H and O–H groups in total. The Morgan fingerprint density at radius 3 is 2.03 bits per heavy atom. The fraction of sp³-hybridized carbons (Fsp3) is 0.154. The lowest BCUT2D eigenvalue weighted by atomic mass is 10.1. The van der Waals surface area contributed by atoms with E-state index in [0.29, 0.717) is 5.69 Å². The molecule has 1 heterocycles. The van der Waals surface area contributed by atoms with E-state index in [0.717, 1.165) is 31.7 Å². The predicted molar refractivity (Wildman–Crippen MR) is 116 cm³/mol. The number of benzene rings is 3. The molecule has 0 radical (unpaired) electrons. The second kappa shape index (κ2) is 9.35. The van der Waals surface area contributed by atoms with Gasteiger partial charge in [-0.15, -0.1) is 0 Å². The first-order valence-corrected chi connectivity index (χ1v) is 10.0. The monoisotopic (exact) mass is 384 g/mol. The lowest BCUT2D eigenvalue weighted by molar-refractivity contribution is 0.255. The summed E-state index contributed by atoms with van der Waals surface area (Å²) in [4.78, 5) is 2.43. The Bertz CT molecular complexity index is 1020. The molecule has 4 rings (SSSR count). The predicted octanol–water partition coefficient (Wildman–Crippen LogP) is 5.86. The molecular formula is C26H25FN2. The maximum absolute atomic E-state index is 14.4. The number of para-hydroxylation sites is 1. The minimum absolute atomic E-state index is 0.205. The van der Waals surface area contributed by atoms with Gasteiger partial charge in [-0.2, -0.15) is 0 Å². The molecule has 0 bridgehead atoms. The highest BCUT2D eigenvalue weighted by Crippen LogP contribution is 2.19. The van der Waals surface area contributed by atoms with E-state index < -0.39 is 0 Å². The van der Waals surface area contributed by atoms with E-state index in [2.05, 4.69) is 59.5 Å². The smallest absolute Gasteiger partial charge is 0.147 e. The standard InChI is InChI=1S/C26H25FN2/c27-25-15-7-8-16-26(25)29-18-9-14-24(29)21-28(20-23-12-5-2-6-13-23)19-17-22-10-3-1-4-11-22/h1-16,18H,17,19-21H2. The summed E-state index contributed by atoms with van der Waals surface area (Å²) in [6, 6.07) is 32.1. The Balaban J connectivity index is 1.55. The van der Waals surface area contributed by atoms with E-state index in [1.807, 2.05) is 41.1 Å². The molecule has 146 valence electrons. The van der Waals surface area contributed by atoms with Crippen molar-refractivity contribution in [3.05, 3.63) is 126 Å². The highest BCUT2D eigenvalue weighted by molar-refractivity contribution is 5.36. The van der Waals surface area contributed by atoms with E-state index in [1.165, 1.54) is 17.2 Å². The molecule has 0 saturated carbocycles. The zero-order valence-electron chi connectivity index (χ0n) is 16.4. The molecule has 0 fully saturated rings. The van der Waals surface area contributed by atoms with Crippen LogP contribution in [0.4, 0.5) is 4.39 Å². The molecule has 0 spiro atoms. The molecule has 2 nitrogen and oxygen atoms in total. The summed E-state index contributed by atoms with van der Waals surface area (Å²) in [5.41, 5.74) is 4.29. The Morgan fingerprint density at radius 2 is 1.31 bits per heavy atom. The van der Waals surface area contributed by atoms with Gasteiger partial charge in [-0.1, -0.05) is 72.8 Å². The van der Waals surface area contributed by atoms with E-state index in [9.17, 15) is 4.39 Å². The molecule has 0 aliphatic heterocycles. The highest BCUT2D eigenvalue weighted by atomic mass is 19.1. The molecule has 0 aliphatic rings. The molecule has 3 heteroatoms. The number of hydrogen-bond acceptors (Lipinski definition) is 1. The minimum Gasteiger partial charge on any atom is -0.317 e. The molecule has 29 heavy (non-hydrogen) atoms. The third kappa shape index (κ3) is 5.01. The van der Waals surface area contributed by atoms with Gasteiger partial charge in [-0.3, -0.25) is 4.90 Å². The molecule has 1 aromatic heterocycles. The summed E-state index contributed by atoms with van der Waals surface area (Å²) >= 11 is 0. The second-order valence-corrected chi connectivity index (χ2v) is 7.25. The normalized spacial score (nSPS) is 11.1. The molecular weight excluding hydrogens is 359 g/mol. The van der Waals surface area contributed by atoms with Crippen LogP contribution in [0.1, 0.15) is 16.8 Å². The Hall–Kier alpha value is -3.17. The van der Waals surface area contributed by atoms with Crippen LogP contribution in [-0.2, 0) is 19.5 Å². The summed E-state index contributed by atoms with van der Waals surface area (Å²) in [7, 11) is 0. The summed E-state index contributed by atoms with van der Waals surface area (Å²) in [6.07, 6.45) is 2.92. The molecule has 4 aromatic rings. The van der Waals surface area contributed by atoms with Crippen LogP contribution in [0.25, 0.3) is 5.69 Å². The van der Waals surface area contributed by atoms with Crippen molar-refractivity contribution in [1.82, 2.24) is 9.47 Å². The molecule has 0 aliphatic carbocycles. The van der Waals surface area contributed by atoms with Crippen molar-refractivity contribution in [3.63, 3.8) is 0 Å². The summed E-state index contributed by atoms with van der Waals surface area (Å²) in [6.45, 7) is 2.54. The average molecular weight is 384 g/mol. The van der Waals surface area contributed by atoms with Crippen molar-refractivity contribution in [1.29, 1.82) is 0 Å². The van der Waals surface area contributed by atoms with Crippen LogP contribution in [0.5, 0.6) is 0 Å². The van der Waals surface area contributed by atoms with Gasteiger partial charge >= 0.3 is 0 Å². The first-order valence-electron chi connectivity index (χ1n) is 10.0. The largest absolute Gasteiger partial charge is 0.317 e. The van der Waals surface area contributed by atoms with E-state index in [-0.39, 0.29) is 5.82 Å². The fourth-order valence-corrected chi connectivity index (χ4v) is 3.64. The number of nitrogens with zero attached hydrogens (tertiary/aromatic N) is 2. The van der Waals surface area contributed by atoms with Crippen LogP contribution >= 0.6 is 0 Å². The van der Waals surface area contributed by atoms with Gasteiger partial charge in [0.15, 0.2) is 0 Å². The summed E-state index contributed by atoms with van der Waals surface area (Å²) in [5, 5.41) is 0. The summed E-state index contributed by atoms with van der Waals surface area (Å²) < 4.78 is 16.3. The van der Waals surface area contributed by atoms with E-state index in [1.54, 1.807) is 6.07 Å². The van der Waals surface area contributed by atoms with Crippen molar-refractivity contribution < 1.29 is 4.39 Å². The number of aromatic nitrogens is 1. The van der Waals surface area contributed by atoms with Crippen LogP contribution in [0.15, 0.2) is 103 Å². The van der Waals surface area contributed by atoms with Gasteiger partial charge in [0.25, 0.3) is 0 Å². The van der Waals surface area contributed by atoms with Crippen molar-refractivity contribution in [3.8, 4) is 5.69 Å². The second-order valence-electron chi connectivity index (χ2n) is 7.25. The minimum atomic E-state index is -0.205. The van der Waals surface area contributed by atoms with E-state index >= 15 is 0 Å². The number of halogens is 1. The van der Waals surface area contributed by atoms with Gasteiger partial charge in [-0.05, 0) is 41.8 Å². The highest BCUT2D eigenvalue weighted by Gasteiger charge is 2.13. The molecule has 0 amide bonds. The molecule has 0 atom stereocenters. The van der Waals surface area contributed by atoms with Crippen LogP contribution < -0.4 is 0 Å². The lowest BCUT2D eigenvalue weighted by Crippen LogP contribution is -2.26. The Labute approximate surface area is 171 Å². The maximum atomic E-state index is 14.4. The zero-order chi connectivity index (χ0) is 19.9. The zero-order valence-corrected chi connectivity index (χ0v) is 16.4. The van der Waals surface area contributed by atoms with Crippen molar-refractivity contribution in [2.45, 2.75) is 19.5 Å². The van der Waals surface area contributed by atoms with Crippen molar-refractivity contribution in [2.75, 3.05) is 6.54 Å². The van der Waals surface area contributed by atoms with Gasteiger partial charge in [0.05, 0.1) is 5.69 Å². The van der Waals surface area contributed by atoms with Crippen LogP contribution in [-0.4, -0.2) is 16.0 Å². The van der Waals surface area contributed by atoms with Crippen LogP contribution in [0.3, 0.4) is 0 Å². The van der Waals surface area contributed by atoms with Crippen LogP contribution in [0.2, 0.25) is 0 Å². The number of rotatable bonds is 8.